The Hall–Kier alpha value is -2.67. The predicted molar refractivity (Wildman–Crippen MR) is 100 cm³/mol. The molecule has 0 saturated carbocycles. The van der Waals surface area contributed by atoms with Crippen LogP contribution in [-0.2, 0) is 7.05 Å². The van der Waals surface area contributed by atoms with Gasteiger partial charge < -0.3 is 10.1 Å². The van der Waals surface area contributed by atoms with Crippen molar-refractivity contribution in [1.82, 2.24) is 20.0 Å². The lowest BCUT2D eigenvalue weighted by molar-refractivity contribution is 0.0927. The molecule has 1 atom stereocenters. The monoisotopic (exact) mass is 358 g/mol. The number of benzene rings is 1. The molecule has 1 aromatic heterocycles. The van der Waals surface area contributed by atoms with Crippen molar-refractivity contribution < 1.29 is 9.53 Å². The van der Waals surface area contributed by atoms with E-state index >= 15 is 0 Å². The lowest BCUT2D eigenvalue weighted by atomic mass is 10.0. The van der Waals surface area contributed by atoms with Crippen LogP contribution in [-0.4, -0.2) is 47.3 Å². The highest BCUT2D eigenvalue weighted by molar-refractivity contribution is 5.92. The number of nitrogens with one attached hydrogen (secondary N) is 1. The van der Waals surface area contributed by atoms with Gasteiger partial charge in [-0.15, -0.1) is 0 Å². The molecule has 2 aromatic rings. The van der Waals surface area contributed by atoms with Gasteiger partial charge in [0.2, 0.25) is 0 Å². The lowest BCUT2D eigenvalue weighted by Gasteiger charge is -2.30. The Bertz CT molecular complexity index is 799. The zero-order valence-corrected chi connectivity index (χ0v) is 15.7. The number of amides is 1. The van der Waals surface area contributed by atoms with Crippen molar-refractivity contribution in [3.05, 3.63) is 58.0 Å². The van der Waals surface area contributed by atoms with Crippen LogP contribution >= 0.6 is 0 Å². The molecule has 1 heterocycles. The van der Waals surface area contributed by atoms with Crippen molar-refractivity contribution in [3.63, 3.8) is 0 Å². The predicted octanol–water partition coefficient (Wildman–Crippen LogP) is 1.60. The Balaban J connectivity index is 2.19. The van der Waals surface area contributed by atoms with E-state index < -0.39 is 0 Å². The van der Waals surface area contributed by atoms with Gasteiger partial charge in [-0.3, -0.25) is 14.5 Å². The average molecular weight is 358 g/mol. The third kappa shape index (κ3) is 4.70. The van der Waals surface area contributed by atoms with E-state index in [1.54, 1.807) is 7.11 Å². The Morgan fingerprint density at radius 2 is 2.00 bits per heavy atom. The van der Waals surface area contributed by atoms with Crippen LogP contribution < -0.4 is 15.6 Å². The first-order chi connectivity index (χ1) is 12.5. The minimum Gasteiger partial charge on any atom is -0.497 e. The van der Waals surface area contributed by atoms with Crippen LogP contribution in [0.3, 0.4) is 0 Å². The van der Waals surface area contributed by atoms with Crippen molar-refractivity contribution in [2.45, 2.75) is 19.9 Å². The summed E-state index contributed by atoms with van der Waals surface area (Å²) >= 11 is 0. The van der Waals surface area contributed by atoms with Gasteiger partial charge in [-0.1, -0.05) is 26.0 Å². The second-order valence-electron chi connectivity index (χ2n) is 5.90. The molecular weight excluding hydrogens is 332 g/mol. The van der Waals surface area contributed by atoms with Crippen LogP contribution in [0.25, 0.3) is 0 Å². The molecule has 0 radical (unpaired) electrons. The van der Waals surface area contributed by atoms with Gasteiger partial charge in [0.15, 0.2) is 0 Å². The summed E-state index contributed by atoms with van der Waals surface area (Å²) in [5, 5.41) is 6.93. The zero-order valence-electron chi connectivity index (χ0n) is 15.7. The number of carbonyl (C=O) groups excluding carboxylic acids is 1. The maximum Gasteiger partial charge on any atom is 0.271 e. The molecule has 0 saturated heterocycles. The van der Waals surface area contributed by atoms with Crippen molar-refractivity contribution in [2.75, 3.05) is 26.7 Å². The van der Waals surface area contributed by atoms with Gasteiger partial charge in [-0.05, 0) is 36.9 Å². The van der Waals surface area contributed by atoms with Gasteiger partial charge in [-0.2, -0.15) is 5.10 Å². The molecule has 7 heteroatoms. The van der Waals surface area contributed by atoms with Crippen LogP contribution in [0.5, 0.6) is 5.75 Å². The fourth-order valence-electron chi connectivity index (χ4n) is 2.87. The second-order valence-corrected chi connectivity index (χ2v) is 5.90. The summed E-state index contributed by atoms with van der Waals surface area (Å²) in [5.41, 5.74) is 1.04. The highest BCUT2D eigenvalue weighted by atomic mass is 16.5. The molecule has 1 N–H and O–H groups in total. The maximum atomic E-state index is 12.4. The minimum absolute atomic E-state index is 0.0107. The number of ether oxygens (including phenoxy) is 1. The second kappa shape index (κ2) is 9.15. The highest BCUT2D eigenvalue weighted by Gasteiger charge is 2.20. The number of carbonyl (C=O) groups is 1. The molecule has 2 rings (SSSR count). The van der Waals surface area contributed by atoms with E-state index in [1.165, 1.54) is 19.2 Å². The largest absolute Gasteiger partial charge is 0.497 e. The molecule has 0 bridgehead atoms. The van der Waals surface area contributed by atoms with Gasteiger partial charge in [0.1, 0.15) is 11.4 Å². The number of aryl methyl sites for hydroxylation is 1. The van der Waals surface area contributed by atoms with Crippen molar-refractivity contribution in [3.8, 4) is 5.75 Å². The molecule has 7 nitrogen and oxygen atoms in total. The average Bonchev–Trinajstić information content (AvgIpc) is 2.67. The molecule has 140 valence electrons. The van der Waals surface area contributed by atoms with Gasteiger partial charge in [0.05, 0.1) is 13.2 Å². The molecule has 0 aliphatic carbocycles. The highest BCUT2D eigenvalue weighted by Crippen LogP contribution is 2.23. The fourth-order valence-corrected chi connectivity index (χ4v) is 2.87. The van der Waals surface area contributed by atoms with E-state index in [-0.39, 0.29) is 23.2 Å². The maximum absolute atomic E-state index is 12.4. The summed E-state index contributed by atoms with van der Waals surface area (Å²) in [6.45, 7) is 6.32. The van der Waals surface area contributed by atoms with Crippen molar-refractivity contribution in [1.29, 1.82) is 0 Å². The van der Waals surface area contributed by atoms with Gasteiger partial charge in [0.25, 0.3) is 11.5 Å². The molecule has 26 heavy (non-hydrogen) atoms. The van der Waals surface area contributed by atoms with E-state index in [0.29, 0.717) is 6.54 Å². The van der Waals surface area contributed by atoms with E-state index in [4.69, 9.17) is 4.74 Å². The standard InChI is InChI=1S/C19H26N4O3/c1-5-23(6-2)17(14-8-7-9-15(12-14)26-4)13-20-19(25)16-10-11-18(24)22(3)21-16/h7-12,17H,5-6,13H2,1-4H3,(H,20,25). The third-order valence-electron chi connectivity index (χ3n) is 4.38. The Morgan fingerprint density at radius 3 is 2.62 bits per heavy atom. The summed E-state index contributed by atoms with van der Waals surface area (Å²) in [5.74, 6) is 0.478. The SMILES string of the molecule is CCN(CC)C(CNC(=O)c1ccc(=O)n(C)n1)c1cccc(OC)c1. The molecule has 1 aromatic carbocycles. The zero-order chi connectivity index (χ0) is 19.1. The van der Waals surface area contributed by atoms with Gasteiger partial charge in [-0.25, -0.2) is 4.68 Å². The first-order valence-corrected chi connectivity index (χ1v) is 8.70. The summed E-state index contributed by atoms with van der Waals surface area (Å²) < 4.78 is 6.47. The fraction of sp³-hybridized carbons (Fsp3) is 0.421. The van der Waals surface area contributed by atoms with Crippen LogP contribution in [0.1, 0.15) is 35.9 Å². The Labute approximate surface area is 153 Å². The number of nitrogens with zero attached hydrogens (tertiary/aromatic N) is 3. The molecule has 0 aliphatic rings. The van der Waals surface area contributed by atoms with Crippen LogP contribution in [0.2, 0.25) is 0 Å². The smallest absolute Gasteiger partial charge is 0.271 e. The number of methoxy groups -OCH3 is 1. The number of rotatable bonds is 8. The van der Waals surface area contributed by atoms with Crippen molar-refractivity contribution >= 4 is 5.91 Å². The lowest BCUT2D eigenvalue weighted by Crippen LogP contribution is -2.38. The summed E-state index contributed by atoms with van der Waals surface area (Å²) in [6.07, 6.45) is 0. The van der Waals surface area contributed by atoms with E-state index in [2.05, 4.69) is 29.2 Å². The van der Waals surface area contributed by atoms with E-state index in [9.17, 15) is 9.59 Å². The number of hydrogen-bond donors (Lipinski definition) is 1. The van der Waals surface area contributed by atoms with E-state index in [0.717, 1.165) is 29.1 Å². The van der Waals surface area contributed by atoms with Crippen LogP contribution in [0, 0.1) is 0 Å². The first kappa shape index (κ1) is 19.7. The summed E-state index contributed by atoms with van der Waals surface area (Å²) in [4.78, 5) is 26.1. The summed E-state index contributed by atoms with van der Waals surface area (Å²) in [6, 6.07) is 10.6. The molecular formula is C19H26N4O3. The quantitative estimate of drug-likeness (QED) is 0.776. The third-order valence-corrected chi connectivity index (χ3v) is 4.38. The first-order valence-electron chi connectivity index (χ1n) is 8.70. The van der Waals surface area contributed by atoms with Crippen LogP contribution in [0.4, 0.5) is 0 Å². The molecule has 0 spiro atoms. The summed E-state index contributed by atoms with van der Waals surface area (Å²) in [7, 11) is 3.16. The number of aromatic nitrogens is 2. The minimum atomic E-state index is -0.305. The molecule has 0 fully saturated rings. The Morgan fingerprint density at radius 1 is 1.27 bits per heavy atom. The molecule has 1 unspecified atom stereocenters. The number of likely N-dealkylation sites (N-methyl/N-ethyl adjacent to an activating group) is 1. The molecule has 0 aliphatic heterocycles. The topological polar surface area (TPSA) is 76.5 Å². The Kier molecular flexibility index (Phi) is 6.91. The van der Waals surface area contributed by atoms with Crippen molar-refractivity contribution in [2.24, 2.45) is 7.05 Å². The normalized spacial score (nSPS) is 12.0. The molecule has 1 amide bonds. The van der Waals surface area contributed by atoms with Crippen LogP contribution in [0.15, 0.2) is 41.2 Å². The van der Waals surface area contributed by atoms with E-state index in [1.807, 2.05) is 24.3 Å². The van der Waals surface area contributed by atoms with Gasteiger partial charge >= 0.3 is 0 Å². The van der Waals surface area contributed by atoms with Gasteiger partial charge in [0, 0.05) is 19.7 Å². The number of hydrogen-bond acceptors (Lipinski definition) is 5.